The van der Waals surface area contributed by atoms with E-state index in [4.69, 9.17) is 14.2 Å². The Morgan fingerprint density at radius 3 is 2.67 bits per heavy atom. The minimum Gasteiger partial charge on any atom is -0.490 e. The molecule has 194 valence electrons. The molecule has 1 aromatic carbocycles. The van der Waals surface area contributed by atoms with E-state index in [9.17, 15) is 8.42 Å². The number of rotatable bonds is 8. The second-order valence-electron chi connectivity index (χ2n) is 9.83. The lowest BCUT2D eigenvalue weighted by atomic mass is 9.92. The van der Waals surface area contributed by atoms with Gasteiger partial charge >= 0.3 is 0 Å². The Labute approximate surface area is 210 Å². The molecular weight excluding hydrogens is 484 g/mol. The molecule has 2 aromatic heterocycles. The smallest absolute Gasteiger partial charge is 0.224 e. The Hall–Kier alpha value is -2.80. The van der Waals surface area contributed by atoms with Crippen molar-refractivity contribution in [3.8, 4) is 11.6 Å². The van der Waals surface area contributed by atoms with Crippen LogP contribution in [-0.2, 0) is 19.5 Å². The van der Waals surface area contributed by atoms with Crippen molar-refractivity contribution in [1.82, 2.24) is 24.5 Å². The summed E-state index contributed by atoms with van der Waals surface area (Å²) in [7, 11) is -3.19. The van der Waals surface area contributed by atoms with Crippen LogP contribution in [0.1, 0.15) is 39.5 Å². The van der Waals surface area contributed by atoms with Crippen LogP contribution in [0.3, 0.4) is 0 Å². The molecule has 1 saturated carbocycles. The van der Waals surface area contributed by atoms with Crippen LogP contribution in [0.2, 0.25) is 0 Å². The van der Waals surface area contributed by atoms with Crippen molar-refractivity contribution in [3.05, 3.63) is 36.7 Å². The second-order valence-corrected chi connectivity index (χ2v) is 11.6. The van der Waals surface area contributed by atoms with Crippen LogP contribution in [-0.4, -0.2) is 71.6 Å². The van der Waals surface area contributed by atoms with Crippen LogP contribution in [0, 0.1) is 0 Å². The topological polar surface area (TPSA) is 129 Å². The summed E-state index contributed by atoms with van der Waals surface area (Å²) < 4.78 is 44.9. The Morgan fingerprint density at radius 2 is 1.94 bits per heavy atom. The molecule has 1 saturated heterocycles. The number of sulfonamides is 1. The highest BCUT2D eigenvalue weighted by molar-refractivity contribution is 7.88. The van der Waals surface area contributed by atoms with E-state index in [1.807, 2.05) is 38.1 Å². The summed E-state index contributed by atoms with van der Waals surface area (Å²) in [6.07, 6.45) is 7.75. The molecule has 2 fully saturated rings. The highest BCUT2D eigenvalue weighted by atomic mass is 32.2. The number of benzene rings is 1. The first kappa shape index (κ1) is 24.9. The van der Waals surface area contributed by atoms with Gasteiger partial charge in [-0.1, -0.05) is 6.07 Å². The van der Waals surface area contributed by atoms with Gasteiger partial charge in [-0.3, -0.25) is 0 Å². The van der Waals surface area contributed by atoms with Crippen molar-refractivity contribution < 1.29 is 22.6 Å². The van der Waals surface area contributed by atoms with Crippen LogP contribution in [0.15, 0.2) is 36.7 Å². The predicted molar refractivity (Wildman–Crippen MR) is 135 cm³/mol. The van der Waals surface area contributed by atoms with Gasteiger partial charge in [0.25, 0.3) is 0 Å². The number of anilines is 1. The normalized spacial score (nSPS) is 24.1. The Morgan fingerprint density at radius 1 is 1.17 bits per heavy atom. The molecule has 3 aromatic rings. The molecule has 0 radical (unpaired) electrons. The molecular formula is C24H32N6O5S. The first-order valence-electron chi connectivity index (χ1n) is 12.1. The van der Waals surface area contributed by atoms with E-state index in [1.54, 1.807) is 17.1 Å². The second kappa shape index (κ2) is 9.92. The molecule has 5 rings (SSSR count). The summed E-state index contributed by atoms with van der Waals surface area (Å²) in [6, 6.07) is 7.78. The molecule has 1 aliphatic heterocycles. The number of ether oxygens (including phenoxy) is 3. The van der Waals surface area contributed by atoms with Gasteiger partial charge in [0.15, 0.2) is 11.6 Å². The average Bonchev–Trinajstić information content (AvgIpc) is 3.41. The largest absolute Gasteiger partial charge is 0.490 e. The third kappa shape index (κ3) is 5.94. The summed E-state index contributed by atoms with van der Waals surface area (Å²) in [5.74, 6) is 1.29. The fourth-order valence-electron chi connectivity index (χ4n) is 4.74. The highest BCUT2D eigenvalue weighted by Crippen LogP contribution is 2.29. The van der Waals surface area contributed by atoms with Crippen LogP contribution >= 0.6 is 0 Å². The number of aromatic nitrogens is 4. The first-order chi connectivity index (χ1) is 17.2. The lowest BCUT2D eigenvalue weighted by molar-refractivity contribution is -0.141. The van der Waals surface area contributed by atoms with Gasteiger partial charge in [0.1, 0.15) is 18.5 Å². The van der Waals surface area contributed by atoms with Crippen molar-refractivity contribution >= 4 is 26.9 Å². The van der Waals surface area contributed by atoms with Gasteiger partial charge < -0.3 is 19.5 Å². The SMILES string of the molecule is CC1(C)OCC(COc2cccc3c2cnn3-c2ccnc(NC3CCC(NS(C)(=O)=O)CC3)n2)O1. The summed E-state index contributed by atoms with van der Waals surface area (Å²) in [6.45, 7) is 4.67. The van der Waals surface area contributed by atoms with Crippen LogP contribution < -0.4 is 14.8 Å². The molecule has 0 spiro atoms. The van der Waals surface area contributed by atoms with E-state index in [0.717, 1.165) is 42.3 Å². The summed E-state index contributed by atoms with van der Waals surface area (Å²) in [5.41, 5.74) is 0.869. The monoisotopic (exact) mass is 516 g/mol. The highest BCUT2D eigenvalue weighted by Gasteiger charge is 2.33. The molecule has 1 unspecified atom stereocenters. The summed E-state index contributed by atoms with van der Waals surface area (Å²) in [4.78, 5) is 9.06. The van der Waals surface area contributed by atoms with E-state index in [2.05, 4.69) is 25.1 Å². The zero-order valence-corrected chi connectivity index (χ0v) is 21.5. The Balaban J connectivity index is 1.26. The van der Waals surface area contributed by atoms with Gasteiger partial charge in [-0.15, -0.1) is 0 Å². The van der Waals surface area contributed by atoms with Gasteiger partial charge in [-0.05, 0) is 51.7 Å². The number of fused-ring (bicyclic) bond motifs is 1. The zero-order chi connectivity index (χ0) is 25.3. The molecule has 36 heavy (non-hydrogen) atoms. The number of hydrogen-bond donors (Lipinski definition) is 2. The predicted octanol–water partition coefficient (Wildman–Crippen LogP) is 2.62. The maximum absolute atomic E-state index is 11.5. The molecule has 3 heterocycles. The van der Waals surface area contributed by atoms with Gasteiger partial charge in [0, 0.05) is 24.3 Å². The van der Waals surface area contributed by atoms with Gasteiger partial charge in [-0.2, -0.15) is 10.1 Å². The number of hydrogen-bond acceptors (Lipinski definition) is 9. The molecule has 1 atom stereocenters. The van der Waals surface area contributed by atoms with E-state index in [-0.39, 0.29) is 18.2 Å². The molecule has 0 amide bonds. The van der Waals surface area contributed by atoms with Crippen LogP contribution in [0.4, 0.5) is 5.95 Å². The van der Waals surface area contributed by atoms with Crippen molar-refractivity contribution in [2.24, 2.45) is 0 Å². The van der Waals surface area contributed by atoms with Gasteiger partial charge in [0.05, 0.1) is 30.0 Å². The van der Waals surface area contributed by atoms with Crippen molar-refractivity contribution in [3.63, 3.8) is 0 Å². The van der Waals surface area contributed by atoms with Gasteiger partial charge in [0.2, 0.25) is 16.0 Å². The minimum atomic E-state index is -3.19. The fourth-order valence-corrected chi connectivity index (χ4v) is 5.58. The zero-order valence-electron chi connectivity index (χ0n) is 20.7. The maximum Gasteiger partial charge on any atom is 0.224 e. The lowest BCUT2D eigenvalue weighted by Gasteiger charge is -2.29. The molecule has 11 nitrogen and oxygen atoms in total. The fraction of sp³-hybridized carbons (Fsp3) is 0.542. The maximum atomic E-state index is 11.5. The van der Waals surface area contributed by atoms with E-state index in [0.29, 0.717) is 25.0 Å². The molecule has 0 bridgehead atoms. The molecule has 2 N–H and O–H groups in total. The van der Waals surface area contributed by atoms with E-state index < -0.39 is 15.8 Å². The van der Waals surface area contributed by atoms with Crippen molar-refractivity contribution in [2.45, 2.75) is 63.5 Å². The summed E-state index contributed by atoms with van der Waals surface area (Å²) >= 11 is 0. The third-order valence-electron chi connectivity index (χ3n) is 6.36. The molecule has 1 aliphatic carbocycles. The van der Waals surface area contributed by atoms with Crippen LogP contribution in [0.25, 0.3) is 16.7 Å². The standard InChI is InChI=1S/C24H32N6O5S/c1-24(2)34-15-18(35-24)14-33-21-6-4-5-20-19(21)13-26-30(20)22-11-12-25-23(28-22)27-16-7-9-17(10-8-16)29-36(3,31)32/h4-6,11-13,16-18,29H,7-10,14-15H2,1-3H3,(H,25,27,28). The number of nitrogens with one attached hydrogen (secondary N) is 2. The average molecular weight is 517 g/mol. The van der Waals surface area contributed by atoms with E-state index in [1.165, 1.54) is 6.26 Å². The Bertz CT molecular complexity index is 1320. The molecule has 12 heteroatoms. The van der Waals surface area contributed by atoms with Gasteiger partial charge in [-0.25, -0.2) is 22.8 Å². The van der Waals surface area contributed by atoms with Crippen LogP contribution in [0.5, 0.6) is 5.75 Å². The first-order valence-corrected chi connectivity index (χ1v) is 14.0. The minimum absolute atomic E-state index is 0.0172. The van der Waals surface area contributed by atoms with Crippen molar-refractivity contribution in [2.75, 3.05) is 24.8 Å². The molecule has 2 aliphatic rings. The third-order valence-corrected chi connectivity index (χ3v) is 7.13. The lowest BCUT2D eigenvalue weighted by Crippen LogP contribution is -2.39. The van der Waals surface area contributed by atoms with Crippen molar-refractivity contribution in [1.29, 1.82) is 0 Å². The number of nitrogens with zero attached hydrogens (tertiary/aromatic N) is 4. The summed E-state index contributed by atoms with van der Waals surface area (Å²) in [5, 5.41) is 8.83. The quantitative estimate of drug-likeness (QED) is 0.464. The van der Waals surface area contributed by atoms with E-state index >= 15 is 0 Å². The Kier molecular flexibility index (Phi) is 6.86.